The van der Waals surface area contributed by atoms with Gasteiger partial charge in [0.05, 0.1) is 38.9 Å². The van der Waals surface area contributed by atoms with Gasteiger partial charge in [-0.15, -0.1) is 0 Å². The van der Waals surface area contributed by atoms with Crippen molar-refractivity contribution in [1.82, 2.24) is 20.2 Å². The van der Waals surface area contributed by atoms with Gasteiger partial charge < -0.3 is 18.6 Å². The zero-order valence-corrected chi connectivity index (χ0v) is 22.0. The minimum atomic E-state index is -1.14. The fourth-order valence-corrected chi connectivity index (χ4v) is 4.57. The maximum Gasteiger partial charge on any atom is 0.196 e. The van der Waals surface area contributed by atoms with E-state index in [1.54, 1.807) is 26.8 Å². The highest BCUT2D eigenvalue weighted by atomic mass is 16.5. The van der Waals surface area contributed by atoms with E-state index < -0.39 is 11.8 Å². The molecule has 9 nitrogen and oxygen atoms in total. The summed E-state index contributed by atoms with van der Waals surface area (Å²) in [5, 5.41) is 0. The van der Waals surface area contributed by atoms with Crippen molar-refractivity contribution in [2.24, 2.45) is 9.98 Å². The van der Waals surface area contributed by atoms with Gasteiger partial charge in [-0.3, -0.25) is 4.99 Å². The number of rotatable bonds is 10. The summed E-state index contributed by atoms with van der Waals surface area (Å²) in [7, 11) is 3.26. The smallest absolute Gasteiger partial charge is 0.196 e. The van der Waals surface area contributed by atoms with Crippen LogP contribution in [-0.2, 0) is 11.3 Å². The molecule has 5 rings (SSSR count). The number of aryl methyl sites for hydroxylation is 1. The molecule has 2 aromatic heterocycles. The number of hydrogen-bond acceptors (Lipinski definition) is 8. The van der Waals surface area contributed by atoms with Gasteiger partial charge in [-0.25, -0.2) is 20.8 Å². The van der Waals surface area contributed by atoms with Crippen LogP contribution in [0.15, 0.2) is 83.0 Å². The van der Waals surface area contributed by atoms with Gasteiger partial charge in [0.1, 0.15) is 29.5 Å². The number of benzene rings is 2. The first kappa shape index (κ1) is 25.6. The molecule has 3 heterocycles. The molecular formula is C29H32N6O3. The van der Waals surface area contributed by atoms with E-state index in [4.69, 9.17) is 19.2 Å². The molecule has 2 unspecified atom stereocenters. The van der Waals surface area contributed by atoms with Crippen LogP contribution in [0.5, 0.6) is 11.5 Å². The molecule has 9 heteroatoms. The summed E-state index contributed by atoms with van der Waals surface area (Å²) in [6.45, 7) is 4.35. The van der Waals surface area contributed by atoms with Gasteiger partial charge in [0.15, 0.2) is 5.72 Å². The van der Waals surface area contributed by atoms with Crippen molar-refractivity contribution in [1.29, 1.82) is 0 Å². The minimum absolute atomic E-state index is 0.0171. The van der Waals surface area contributed by atoms with Crippen LogP contribution < -0.4 is 20.3 Å². The summed E-state index contributed by atoms with van der Waals surface area (Å²) in [4.78, 5) is 13.8. The number of methoxy groups -OCH3 is 2. The Morgan fingerprint density at radius 1 is 1.05 bits per heavy atom. The number of aromatic nitrogens is 2. The van der Waals surface area contributed by atoms with Crippen LogP contribution in [0.4, 0.5) is 0 Å². The molecule has 0 fully saturated rings. The molecule has 0 spiro atoms. The van der Waals surface area contributed by atoms with E-state index in [0.717, 1.165) is 28.0 Å². The van der Waals surface area contributed by atoms with Crippen LogP contribution in [0, 0.1) is 6.92 Å². The average molecular weight is 513 g/mol. The Hall–Kier alpha value is -4.05. The number of fused-ring (bicyclic) bond motifs is 1. The van der Waals surface area contributed by atoms with E-state index in [9.17, 15) is 0 Å². The van der Waals surface area contributed by atoms with E-state index in [1.165, 1.54) is 0 Å². The molecule has 0 saturated heterocycles. The Bertz CT molecular complexity index is 1450. The number of aliphatic imine (C=N–C) groups is 2. The van der Waals surface area contributed by atoms with Crippen molar-refractivity contribution in [3.05, 3.63) is 95.4 Å². The molecular weight excluding hydrogens is 480 g/mol. The topological polar surface area (TPSA) is 93.8 Å². The van der Waals surface area contributed by atoms with Gasteiger partial charge in [-0.05, 0) is 43.2 Å². The van der Waals surface area contributed by atoms with Crippen molar-refractivity contribution in [3.63, 3.8) is 0 Å². The zero-order chi connectivity index (χ0) is 26.5. The summed E-state index contributed by atoms with van der Waals surface area (Å²) < 4.78 is 19.7. The largest absolute Gasteiger partial charge is 0.497 e. The van der Waals surface area contributed by atoms with Gasteiger partial charge in [0.25, 0.3) is 0 Å². The molecule has 1 aliphatic heterocycles. The number of pyridine rings is 1. The lowest BCUT2D eigenvalue weighted by molar-refractivity contribution is -0.0571. The average Bonchev–Trinajstić information content (AvgIpc) is 3.40. The second-order valence-electron chi connectivity index (χ2n) is 9.17. The van der Waals surface area contributed by atoms with Crippen molar-refractivity contribution < 1.29 is 14.2 Å². The number of nitrogens with one attached hydrogen (secondary N) is 2. The van der Waals surface area contributed by atoms with Crippen molar-refractivity contribution in [3.8, 4) is 11.5 Å². The van der Waals surface area contributed by atoms with Gasteiger partial charge in [0.2, 0.25) is 0 Å². The quantitative estimate of drug-likeness (QED) is 0.239. The fourth-order valence-electron chi connectivity index (χ4n) is 4.57. The molecule has 38 heavy (non-hydrogen) atoms. The van der Waals surface area contributed by atoms with Crippen LogP contribution in [0.25, 0.3) is 5.65 Å². The third-order valence-electron chi connectivity index (χ3n) is 6.74. The highest BCUT2D eigenvalue weighted by Gasteiger charge is 2.43. The number of nitrogens with zero attached hydrogens (tertiary/aromatic N) is 4. The lowest BCUT2D eigenvalue weighted by Crippen LogP contribution is -2.60. The van der Waals surface area contributed by atoms with E-state index >= 15 is 0 Å². The summed E-state index contributed by atoms with van der Waals surface area (Å²) >= 11 is 0. The first-order valence-corrected chi connectivity index (χ1v) is 12.5. The van der Waals surface area contributed by atoms with Gasteiger partial charge in [0, 0.05) is 23.9 Å². The van der Waals surface area contributed by atoms with Crippen LogP contribution >= 0.6 is 0 Å². The summed E-state index contributed by atoms with van der Waals surface area (Å²) in [5.74, 6) is 1.38. The van der Waals surface area contributed by atoms with E-state index in [2.05, 4.69) is 39.9 Å². The highest BCUT2D eigenvalue weighted by molar-refractivity contribution is 5.82. The van der Waals surface area contributed by atoms with Gasteiger partial charge in [-0.2, -0.15) is 0 Å². The molecule has 0 radical (unpaired) electrons. The second-order valence-corrected chi connectivity index (χ2v) is 9.17. The minimum Gasteiger partial charge on any atom is -0.497 e. The summed E-state index contributed by atoms with van der Waals surface area (Å²) in [5.41, 5.74) is 10.5. The van der Waals surface area contributed by atoms with Crippen molar-refractivity contribution in [2.45, 2.75) is 38.3 Å². The first-order valence-electron chi connectivity index (χ1n) is 12.5. The lowest BCUT2D eigenvalue weighted by atomic mass is 10.0. The lowest BCUT2D eigenvalue weighted by Gasteiger charge is -2.38. The second kappa shape index (κ2) is 11.1. The molecule has 196 valence electrons. The number of hydrazine groups is 1. The molecule has 0 saturated carbocycles. The SMILES string of the molecule is COc1ccc(COC2(NN[C@@H](C)c3ccccc3)C=NC=NC2c2cnc3c(C)cccn23)c(OC)c1. The summed E-state index contributed by atoms with van der Waals surface area (Å²) in [6, 6.07) is 19.4. The normalized spacial score (nSPS) is 19.5. The number of ether oxygens (including phenoxy) is 3. The maximum absolute atomic E-state index is 6.68. The highest BCUT2D eigenvalue weighted by Crippen LogP contribution is 2.35. The third kappa shape index (κ3) is 5.04. The molecule has 0 amide bonds. The van der Waals surface area contributed by atoms with Crippen LogP contribution in [0.2, 0.25) is 0 Å². The van der Waals surface area contributed by atoms with Crippen molar-refractivity contribution >= 4 is 18.2 Å². The Labute approximate surface area is 222 Å². The fraction of sp³-hybridized carbons (Fsp3) is 0.276. The number of hydrogen-bond donors (Lipinski definition) is 2. The first-order chi connectivity index (χ1) is 18.5. The van der Waals surface area contributed by atoms with E-state index in [-0.39, 0.29) is 12.6 Å². The van der Waals surface area contributed by atoms with E-state index in [1.807, 2.05) is 72.2 Å². The summed E-state index contributed by atoms with van der Waals surface area (Å²) in [6.07, 6.45) is 7.14. The molecule has 2 aromatic carbocycles. The molecule has 2 N–H and O–H groups in total. The molecule has 3 atom stereocenters. The molecule has 4 aromatic rings. The van der Waals surface area contributed by atoms with Crippen LogP contribution in [0.1, 0.15) is 41.4 Å². The molecule has 1 aliphatic rings. The Balaban J connectivity index is 1.51. The predicted octanol–water partition coefficient (Wildman–Crippen LogP) is 4.58. The van der Waals surface area contributed by atoms with Gasteiger partial charge >= 0.3 is 0 Å². The Kier molecular flexibility index (Phi) is 7.50. The maximum atomic E-state index is 6.68. The van der Waals surface area contributed by atoms with Crippen molar-refractivity contribution in [2.75, 3.05) is 14.2 Å². The Morgan fingerprint density at radius 3 is 2.68 bits per heavy atom. The zero-order valence-electron chi connectivity index (χ0n) is 22.0. The number of imidazole rings is 1. The van der Waals surface area contributed by atoms with Crippen LogP contribution in [-0.4, -0.2) is 41.9 Å². The van der Waals surface area contributed by atoms with E-state index in [0.29, 0.717) is 11.5 Å². The molecule has 0 bridgehead atoms. The Morgan fingerprint density at radius 2 is 1.89 bits per heavy atom. The van der Waals surface area contributed by atoms with Gasteiger partial charge in [-0.1, -0.05) is 36.4 Å². The standard InChI is InChI=1S/C29H32N6O3/c1-20-9-8-14-35-25(16-31-28(20)35)27-29(18-30-19-32-27,34-33-21(2)22-10-6-5-7-11-22)38-17-23-12-13-24(36-3)15-26(23)37-4/h5-16,18-19,21,27,33-34H,17H2,1-4H3/t21-,27?,29?/m0/s1. The molecule has 0 aliphatic carbocycles. The monoisotopic (exact) mass is 512 g/mol. The predicted molar refractivity (Wildman–Crippen MR) is 148 cm³/mol. The third-order valence-corrected chi connectivity index (χ3v) is 6.74. The van der Waals surface area contributed by atoms with Crippen LogP contribution in [0.3, 0.4) is 0 Å².